The standard InChI is InChI=1S/C10H17NO2/c1-3-10(2,7-11)9(12)8-5-4-6-13-8/h4-6,9,12H,3,7,11H2,1-2H3. The normalized spacial score (nSPS) is 18.2. The highest BCUT2D eigenvalue weighted by atomic mass is 16.4. The average Bonchev–Trinajstić information content (AvgIpc) is 2.68. The Morgan fingerprint density at radius 2 is 2.38 bits per heavy atom. The van der Waals surface area contributed by atoms with Crippen molar-refractivity contribution in [3.8, 4) is 0 Å². The summed E-state index contributed by atoms with van der Waals surface area (Å²) in [6.45, 7) is 4.42. The van der Waals surface area contributed by atoms with E-state index in [1.807, 2.05) is 13.8 Å². The van der Waals surface area contributed by atoms with Crippen LogP contribution in [0.4, 0.5) is 0 Å². The molecule has 2 unspecified atom stereocenters. The summed E-state index contributed by atoms with van der Waals surface area (Å²) in [5, 5.41) is 9.95. The molecule has 0 saturated heterocycles. The molecule has 1 aromatic heterocycles. The molecule has 1 aromatic rings. The number of rotatable bonds is 4. The molecule has 3 heteroatoms. The molecule has 1 rings (SSSR count). The van der Waals surface area contributed by atoms with Crippen LogP contribution in [0.25, 0.3) is 0 Å². The van der Waals surface area contributed by atoms with Crippen LogP contribution in [-0.4, -0.2) is 11.7 Å². The Hall–Kier alpha value is -0.800. The maximum absolute atomic E-state index is 9.95. The fourth-order valence-electron chi connectivity index (χ4n) is 1.24. The molecule has 0 aliphatic heterocycles. The van der Waals surface area contributed by atoms with Gasteiger partial charge in [0.15, 0.2) is 0 Å². The number of nitrogens with two attached hydrogens (primary N) is 1. The van der Waals surface area contributed by atoms with E-state index in [9.17, 15) is 5.11 Å². The zero-order valence-electron chi connectivity index (χ0n) is 8.16. The van der Waals surface area contributed by atoms with Crippen LogP contribution in [0, 0.1) is 5.41 Å². The third-order valence-electron chi connectivity index (χ3n) is 2.75. The largest absolute Gasteiger partial charge is 0.467 e. The fraction of sp³-hybridized carbons (Fsp3) is 0.600. The lowest BCUT2D eigenvalue weighted by Crippen LogP contribution is -2.33. The third-order valence-corrected chi connectivity index (χ3v) is 2.75. The number of aliphatic hydroxyl groups is 1. The van der Waals surface area contributed by atoms with Gasteiger partial charge in [0.2, 0.25) is 0 Å². The van der Waals surface area contributed by atoms with Crippen molar-refractivity contribution in [3.63, 3.8) is 0 Å². The van der Waals surface area contributed by atoms with Crippen molar-refractivity contribution in [2.45, 2.75) is 26.4 Å². The highest BCUT2D eigenvalue weighted by Gasteiger charge is 2.32. The smallest absolute Gasteiger partial charge is 0.132 e. The SMILES string of the molecule is CCC(C)(CN)C(O)c1ccco1. The number of furan rings is 1. The van der Waals surface area contributed by atoms with Gasteiger partial charge in [-0.15, -0.1) is 0 Å². The molecule has 74 valence electrons. The molecule has 0 bridgehead atoms. The molecule has 0 radical (unpaired) electrons. The Morgan fingerprint density at radius 3 is 2.77 bits per heavy atom. The van der Waals surface area contributed by atoms with Crippen LogP contribution in [0.3, 0.4) is 0 Å². The van der Waals surface area contributed by atoms with Gasteiger partial charge >= 0.3 is 0 Å². The van der Waals surface area contributed by atoms with E-state index in [0.29, 0.717) is 12.3 Å². The van der Waals surface area contributed by atoms with Crippen molar-refractivity contribution in [2.75, 3.05) is 6.54 Å². The summed E-state index contributed by atoms with van der Waals surface area (Å²) in [5.41, 5.74) is 5.33. The zero-order chi connectivity index (χ0) is 9.90. The van der Waals surface area contributed by atoms with Crippen LogP contribution in [0.2, 0.25) is 0 Å². The molecule has 0 aliphatic carbocycles. The molecule has 0 aromatic carbocycles. The van der Waals surface area contributed by atoms with Crippen molar-refractivity contribution in [1.82, 2.24) is 0 Å². The molecule has 2 atom stereocenters. The molecular formula is C10H17NO2. The Balaban J connectivity index is 2.82. The fourth-order valence-corrected chi connectivity index (χ4v) is 1.24. The molecule has 0 aliphatic rings. The summed E-state index contributed by atoms with van der Waals surface area (Å²) >= 11 is 0. The minimum absolute atomic E-state index is 0.294. The van der Waals surface area contributed by atoms with E-state index in [4.69, 9.17) is 10.2 Å². The molecule has 13 heavy (non-hydrogen) atoms. The molecule has 0 saturated carbocycles. The first-order chi connectivity index (χ1) is 6.14. The van der Waals surface area contributed by atoms with Crippen LogP contribution >= 0.6 is 0 Å². The summed E-state index contributed by atoms with van der Waals surface area (Å²) in [7, 11) is 0. The van der Waals surface area contributed by atoms with Crippen molar-refractivity contribution >= 4 is 0 Å². The minimum Gasteiger partial charge on any atom is -0.467 e. The highest BCUT2D eigenvalue weighted by Crippen LogP contribution is 2.35. The number of hydrogen-bond acceptors (Lipinski definition) is 3. The van der Waals surface area contributed by atoms with Crippen molar-refractivity contribution in [3.05, 3.63) is 24.2 Å². The summed E-state index contributed by atoms with van der Waals surface area (Å²) in [5.74, 6) is 0.592. The van der Waals surface area contributed by atoms with E-state index in [1.54, 1.807) is 18.4 Å². The van der Waals surface area contributed by atoms with E-state index >= 15 is 0 Å². The molecule has 1 heterocycles. The van der Waals surface area contributed by atoms with Crippen molar-refractivity contribution < 1.29 is 9.52 Å². The Kier molecular flexibility index (Phi) is 3.12. The van der Waals surface area contributed by atoms with Gasteiger partial charge in [0, 0.05) is 12.0 Å². The first kappa shape index (κ1) is 10.3. The Morgan fingerprint density at radius 1 is 1.69 bits per heavy atom. The van der Waals surface area contributed by atoms with E-state index < -0.39 is 6.10 Å². The van der Waals surface area contributed by atoms with Crippen molar-refractivity contribution in [1.29, 1.82) is 0 Å². The minimum atomic E-state index is -0.613. The predicted molar refractivity (Wildman–Crippen MR) is 51.1 cm³/mol. The van der Waals surface area contributed by atoms with Gasteiger partial charge in [-0.2, -0.15) is 0 Å². The van der Waals surface area contributed by atoms with E-state index in [-0.39, 0.29) is 5.41 Å². The zero-order valence-corrected chi connectivity index (χ0v) is 8.16. The maximum atomic E-state index is 9.95. The van der Waals surface area contributed by atoms with E-state index in [2.05, 4.69) is 0 Å². The second-order valence-corrected chi connectivity index (χ2v) is 3.63. The first-order valence-electron chi connectivity index (χ1n) is 4.55. The van der Waals surface area contributed by atoms with Gasteiger partial charge in [-0.25, -0.2) is 0 Å². The van der Waals surface area contributed by atoms with E-state index in [0.717, 1.165) is 6.42 Å². The topological polar surface area (TPSA) is 59.4 Å². The van der Waals surface area contributed by atoms with Crippen molar-refractivity contribution in [2.24, 2.45) is 11.1 Å². The molecule has 3 N–H and O–H groups in total. The van der Waals surface area contributed by atoms with E-state index in [1.165, 1.54) is 0 Å². The summed E-state index contributed by atoms with van der Waals surface area (Å²) < 4.78 is 5.14. The lowest BCUT2D eigenvalue weighted by atomic mass is 9.80. The average molecular weight is 183 g/mol. The van der Waals surface area contributed by atoms with Crippen LogP contribution < -0.4 is 5.73 Å². The molecule has 0 spiro atoms. The van der Waals surface area contributed by atoms with Crippen LogP contribution in [0.15, 0.2) is 22.8 Å². The van der Waals surface area contributed by atoms with Gasteiger partial charge in [0.25, 0.3) is 0 Å². The third kappa shape index (κ3) is 1.92. The van der Waals surface area contributed by atoms with Gasteiger partial charge in [0.1, 0.15) is 11.9 Å². The monoisotopic (exact) mass is 183 g/mol. The highest BCUT2D eigenvalue weighted by molar-refractivity contribution is 5.06. The number of aliphatic hydroxyl groups excluding tert-OH is 1. The molecule has 3 nitrogen and oxygen atoms in total. The summed E-state index contributed by atoms with van der Waals surface area (Å²) in [4.78, 5) is 0. The van der Waals surface area contributed by atoms with Gasteiger partial charge in [-0.05, 0) is 18.6 Å². The second kappa shape index (κ2) is 3.94. The van der Waals surface area contributed by atoms with Gasteiger partial charge in [-0.1, -0.05) is 13.8 Å². The second-order valence-electron chi connectivity index (χ2n) is 3.63. The lowest BCUT2D eigenvalue weighted by molar-refractivity contribution is 0.0220. The quantitative estimate of drug-likeness (QED) is 0.746. The Bertz CT molecular complexity index is 239. The molecular weight excluding hydrogens is 166 g/mol. The first-order valence-corrected chi connectivity index (χ1v) is 4.55. The molecule has 0 fully saturated rings. The van der Waals surface area contributed by atoms with Crippen LogP contribution in [-0.2, 0) is 0 Å². The summed E-state index contributed by atoms with van der Waals surface area (Å²) in [6, 6.07) is 3.54. The van der Waals surface area contributed by atoms with Crippen LogP contribution in [0.5, 0.6) is 0 Å². The maximum Gasteiger partial charge on any atom is 0.132 e. The lowest BCUT2D eigenvalue weighted by Gasteiger charge is -2.30. The summed E-state index contributed by atoms with van der Waals surface area (Å²) in [6.07, 6.45) is 1.77. The van der Waals surface area contributed by atoms with Gasteiger partial charge < -0.3 is 15.3 Å². The van der Waals surface area contributed by atoms with Gasteiger partial charge in [0.05, 0.1) is 6.26 Å². The number of hydrogen-bond donors (Lipinski definition) is 2. The molecule has 0 amide bonds. The Labute approximate surface area is 78.5 Å². The van der Waals surface area contributed by atoms with Gasteiger partial charge in [-0.3, -0.25) is 0 Å². The van der Waals surface area contributed by atoms with Crippen LogP contribution in [0.1, 0.15) is 32.1 Å². The predicted octanol–water partition coefficient (Wildman–Crippen LogP) is 1.69.